The molecule has 184 valence electrons. The van der Waals surface area contributed by atoms with Crippen molar-refractivity contribution in [2.24, 2.45) is 0 Å². The number of unbranched alkanes of at least 4 members (excludes halogenated alkanes) is 14. The molecule has 0 bridgehead atoms. The van der Waals surface area contributed by atoms with E-state index in [1.165, 1.54) is 83.5 Å². The van der Waals surface area contributed by atoms with Crippen LogP contribution in [-0.4, -0.2) is 59.6 Å². The lowest BCUT2D eigenvalue weighted by atomic mass is 10.0. The van der Waals surface area contributed by atoms with Gasteiger partial charge in [-0.05, 0) is 32.1 Å². The van der Waals surface area contributed by atoms with Gasteiger partial charge in [-0.15, -0.1) is 0 Å². The van der Waals surface area contributed by atoms with Crippen LogP contribution >= 0.6 is 0 Å². The van der Waals surface area contributed by atoms with E-state index in [1.54, 1.807) is 0 Å². The van der Waals surface area contributed by atoms with E-state index in [0.717, 1.165) is 19.3 Å². The van der Waals surface area contributed by atoms with E-state index < -0.39 is 24.4 Å². The van der Waals surface area contributed by atoms with E-state index >= 15 is 0 Å². The van der Waals surface area contributed by atoms with Gasteiger partial charge in [0.1, 0.15) is 24.4 Å². The Morgan fingerprint density at radius 1 is 0.774 bits per heavy atom. The lowest BCUT2D eigenvalue weighted by Gasteiger charge is -2.37. The molecule has 5 nitrogen and oxygen atoms in total. The third-order valence-corrected chi connectivity index (χ3v) is 6.22. The Balaban J connectivity index is 1.85. The van der Waals surface area contributed by atoms with E-state index in [9.17, 15) is 15.3 Å². The zero-order valence-corrected chi connectivity index (χ0v) is 20.1. The predicted molar refractivity (Wildman–Crippen MR) is 127 cm³/mol. The largest absolute Gasteiger partial charge is 0.394 e. The molecule has 31 heavy (non-hydrogen) atoms. The van der Waals surface area contributed by atoms with Crippen molar-refractivity contribution >= 4 is 0 Å². The van der Waals surface area contributed by atoms with Crippen LogP contribution in [0.1, 0.15) is 110 Å². The minimum Gasteiger partial charge on any atom is -0.394 e. The molecule has 0 radical (unpaired) electrons. The maximum Gasteiger partial charge on any atom is 0.114 e. The number of hydrogen-bond donors (Lipinski definition) is 3. The summed E-state index contributed by atoms with van der Waals surface area (Å²) in [5.41, 5.74) is 0. The molecule has 0 aliphatic carbocycles. The summed E-state index contributed by atoms with van der Waals surface area (Å²) in [5.74, 6) is 0. The summed E-state index contributed by atoms with van der Waals surface area (Å²) in [6.45, 7) is 2.62. The van der Waals surface area contributed by atoms with Crippen molar-refractivity contribution in [2.75, 3.05) is 19.8 Å². The number of ether oxygens (including phenoxy) is 2. The summed E-state index contributed by atoms with van der Waals surface area (Å²) in [5, 5.41) is 29.0. The van der Waals surface area contributed by atoms with Crippen molar-refractivity contribution in [3.63, 3.8) is 0 Å². The highest BCUT2D eigenvalue weighted by atomic mass is 16.6. The van der Waals surface area contributed by atoms with Crippen LogP contribution in [0.25, 0.3) is 0 Å². The second-order valence-corrected chi connectivity index (χ2v) is 9.09. The first kappa shape index (κ1) is 28.6. The Morgan fingerprint density at radius 3 is 1.84 bits per heavy atom. The van der Waals surface area contributed by atoms with Crippen molar-refractivity contribution in [2.45, 2.75) is 134 Å². The van der Waals surface area contributed by atoms with E-state index in [4.69, 9.17) is 9.47 Å². The van der Waals surface area contributed by atoms with Gasteiger partial charge in [-0.25, -0.2) is 0 Å². The maximum atomic E-state index is 10.0. The van der Waals surface area contributed by atoms with Gasteiger partial charge in [0.05, 0.1) is 13.2 Å². The average Bonchev–Trinajstić information content (AvgIpc) is 2.78. The van der Waals surface area contributed by atoms with Crippen LogP contribution in [0.4, 0.5) is 0 Å². The molecule has 0 amide bonds. The molecule has 0 aromatic heterocycles. The molecular formula is C26H50O5. The summed E-state index contributed by atoms with van der Waals surface area (Å²) in [4.78, 5) is 0. The van der Waals surface area contributed by atoms with Crippen LogP contribution in [0.3, 0.4) is 0 Å². The SMILES string of the molecule is CCCCCCCCCCCC/C=C/CCCCCCO[C@H]1[C@H](O)[C@@H](O)CO[C@@H]1CO. The maximum absolute atomic E-state index is 10.0. The minimum absolute atomic E-state index is 0.0406. The van der Waals surface area contributed by atoms with Crippen LogP contribution in [0.5, 0.6) is 0 Å². The summed E-state index contributed by atoms with van der Waals surface area (Å²) in [6.07, 6.45) is 22.2. The topological polar surface area (TPSA) is 79.2 Å². The fourth-order valence-electron chi connectivity index (χ4n) is 4.14. The molecule has 0 aromatic rings. The monoisotopic (exact) mass is 442 g/mol. The van der Waals surface area contributed by atoms with Gasteiger partial charge in [0, 0.05) is 6.61 Å². The highest BCUT2D eigenvalue weighted by molar-refractivity contribution is 4.87. The van der Waals surface area contributed by atoms with Crippen LogP contribution in [0.2, 0.25) is 0 Å². The molecule has 1 rings (SSSR count). The number of hydrogen-bond acceptors (Lipinski definition) is 5. The predicted octanol–water partition coefficient (Wildman–Crippen LogP) is 5.30. The molecule has 4 atom stereocenters. The van der Waals surface area contributed by atoms with Crippen molar-refractivity contribution < 1.29 is 24.8 Å². The Labute approximate surface area is 191 Å². The van der Waals surface area contributed by atoms with Crippen molar-refractivity contribution in [1.82, 2.24) is 0 Å². The number of aliphatic hydroxyl groups excluding tert-OH is 3. The quantitative estimate of drug-likeness (QED) is 0.176. The van der Waals surface area contributed by atoms with Crippen LogP contribution < -0.4 is 0 Å². The van der Waals surface area contributed by atoms with Gasteiger partial charge in [-0.1, -0.05) is 89.7 Å². The molecule has 5 heteroatoms. The van der Waals surface area contributed by atoms with Gasteiger partial charge in [0.15, 0.2) is 0 Å². The number of aliphatic hydroxyl groups is 3. The molecular weight excluding hydrogens is 392 g/mol. The molecule has 1 heterocycles. The van der Waals surface area contributed by atoms with Gasteiger partial charge >= 0.3 is 0 Å². The van der Waals surface area contributed by atoms with Crippen molar-refractivity contribution in [1.29, 1.82) is 0 Å². The van der Waals surface area contributed by atoms with Crippen LogP contribution in [0, 0.1) is 0 Å². The van der Waals surface area contributed by atoms with Gasteiger partial charge < -0.3 is 24.8 Å². The normalized spacial score (nSPS) is 24.3. The van der Waals surface area contributed by atoms with Crippen LogP contribution in [-0.2, 0) is 9.47 Å². The third-order valence-electron chi connectivity index (χ3n) is 6.22. The Bertz CT molecular complexity index is 413. The molecule has 0 spiro atoms. The standard InChI is InChI=1S/C26H50O5/c1-2-3-4-5-6-7-8-9-10-11-12-13-14-15-16-17-18-19-20-30-26-24(21-27)31-22-23(28)25(26)29/h13-14,23-29H,2-12,15-22H2,1H3/b14-13+/t23-,24+,25+,26+/m0/s1. The average molecular weight is 443 g/mol. The van der Waals surface area contributed by atoms with Crippen molar-refractivity contribution in [3.8, 4) is 0 Å². The fraction of sp³-hybridized carbons (Fsp3) is 0.923. The third kappa shape index (κ3) is 14.3. The molecule has 1 fully saturated rings. The second-order valence-electron chi connectivity index (χ2n) is 9.09. The van der Waals surface area contributed by atoms with E-state index in [2.05, 4.69) is 19.1 Å². The first-order valence-corrected chi connectivity index (χ1v) is 13.1. The second kappa shape index (κ2) is 20.2. The smallest absolute Gasteiger partial charge is 0.114 e. The Kier molecular flexibility index (Phi) is 18.6. The highest BCUT2D eigenvalue weighted by Gasteiger charge is 2.39. The van der Waals surface area contributed by atoms with Crippen molar-refractivity contribution in [3.05, 3.63) is 12.2 Å². The lowest BCUT2D eigenvalue weighted by molar-refractivity contribution is -0.211. The van der Waals surface area contributed by atoms with Gasteiger partial charge in [-0.3, -0.25) is 0 Å². The summed E-state index contributed by atoms with van der Waals surface area (Å²) in [7, 11) is 0. The van der Waals surface area contributed by atoms with E-state index in [1.807, 2.05) is 0 Å². The summed E-state index contributed by atoms with van der Waals surface area (Å²) >= 11 is 0. The highest BCUT2D eigenvalue weighted by Crippen LogP contribution is 2.19. The molecule has 0 aromatic carbocycles. The molecule has 1 aliphatic rings. The van der Waals surface area contributed by atoms with Crippen LogP contribution in [0.15, 0.2) is 12.2 Å². The Hall–Kier alpha value is -0.460. The zero-order chi connectivity index (χ0) is 22.6. The summed E-state index contributed by atoms with van der Waals surface area (Å²) < 4.78 is 11.0. The fourth-order valence-corrected chi connectivity index (χ4v) is 4.14. The van der Waals surface area contributed by atoms with Gasteiger partial charge in [-0.2, -0.15) is 0 Å². The first-order valence-electron chi connectivity index (χ1n) is 13.1. The molecule has 0 unspecified atom stereocenters. The molecule has 3 N–H and O–H groups in total. The number of rotatable bonds is 20. The lowest BCUT2D eigenvalue weighted by Crippen LogP contribution is -2.55. The summed E-state index contributed by atoms with van der Waals surface area (Å²) in [6, 6.07) is 0. The van der Waals surface area contributed by atoms with E-state index in [0.29, 0.717) is 6.61 Å². The molecule has 1 aliphatic heterocycles. The first-order chi connectivity index (χ1) is 15.2. The number of allylic oxidation sites excluding steroid dienone is 2. The zero-order valence-electron chi connectivity index (χ0n) is 20.1. The van der Waals surface area contributed by atoms with Gasteiger partial charge in [0.25, 0.3) is 0 Å². The Morgan fingerprint density at radius 2 is 1.29 bits per heavy atom. The van der Waals surface area contributed by atoms with Gasteiger partial charge in [0.2, 0.25) is 0 Å². The minimum atomic E-state index is -0.994. The molecule has 0 saturated carbocycles. The molecule has 1 saturated heterocycles. The van der Waals surface area contributed by atoms with E-state index in [-0.39, 0.29) is 13.2 Å².